The molecule has 0 aromatic heterocycles. The summed E-state index contributed by atoms with van der Waals surface area (Å²) in [5, 5.41) is 3.30. The highest BCUT2D eigenvalue weighted by molar-refractivity contribution is 5.78. The molecule has 1 unspecified atom stereocenters. The zero-order chi connectivity index (χ0) is 17.6. The van der Waals surface area contributed by atoms with Gasteiger partial charge in [-0.3, -0.25) is 9.69 Å². The Morgan fingerprint density at radius 1 is 1.12 bits per heavy atom. The Bertz CT molecular complexity index is 546. The molecule has 25 heavy (non-hydrogen) atoms. The zero-order valence-corrected chi connectivity index (χ0v) is 15.7. The van der Waals surface area contributed by atoms with Gasteiger partial charge in [0, 0.05) is 6.04 Å². The molecule has 0 aliphatic heterocycles. The van der Waals surface area contributed by atoms with E-state index in [-0.39, 0.29) is 11.9 Å². The summed E-state index contributed by atoms with van der Waals surface area (Å²) < 4.78 is 5.24. The molecule has 0 bridgehead atoms. The van der Waals surface area contributed by atoms with Crippen LogP contribution in [-0.4, -0.2) is 37.6 Å². The van der Waals surface area contributed by atoms with Crippen LogP contribution in [0.5, 0.6) is 5.75 Å². The smallest absolute Gasteiger partial charge is 0.234 e. The number of nitrogens with one attached hydrogen (secondary N) is 1. The minimum atomic E-state index is 0.140. The van der Waals surface area contributed by atoms with Crippen LogP contribution in [0.15, 0.2) is 24.3 Å². The van der Waals surface area contributed by atoms with Gasteiger partial charge in [0.15, 0.2) is 0 Å². The van der Waals surface area contributed by atoms with E-state index in [0.717, 1.165) is 5.75 Å². The number of likely N-dealkylation sites (N-methyl/N-ethyl adjacent to an activating group) is 1. The molecule has 4 nitrogen and oxygen atoms in total. The quantitative estimate of drug-likeness (QED) is 0.762. The van der Waals surface area contributed by atoms with Crippen molar-refractivity contribution in [1.82, 2.24) is 10.2 Å². The van der Waals surface area contributed by atoms with Gasteiger partial charge in [-0.1, -0.05) is 37.8 Å². The number of carbonyl (C=O) groups is 1. The molecule has 1 atom stereocenters. The number of benzene rings is 1. The van der Waals surface area contributed by atoms with Crippen LogP contribution in [0.2, 0.25) is 0 Å². The Morgan fingerprint density at radius 2 is 1.76 bits per heavy atom. The second-order valence-corrected chi connectivity index (χ2v) is 7.72. The minimum Gasteiger partial charge on any atom is -0.497 e. The molecule has 2 aliphatic carbocycles. The van der Waals surface area contributed by atoms with Gasteiger partial charge < -0.3 is 10.1 Å². The van der Waals surface area contributed by atoms with Crippen LogP contribution >= 0.6 is 0 Å². The molecular weight excluding hydrogens is 312 g/mol. The highest BCUT2D eigenvalue weighted by atomic mass is 16.5. The van der Waals surface area contributed by atoms with Crippen molar-refractivity contribution in [3.05, 3.63) is 29.8 Å². The molecule has 2 fully saturated rings. The van der Waals surface area contributed by atoms with Crippen molar-refractivity contribution in [3.63, 3.8) is 0 Å². The molecule has 2 aliphatic rings. The molecule has 3 rings (SSSR count). The van der Waals surface area contributed by atoms with E-state index in [9.17, 15) is 4.79 Å². The van der Waals surface area contributed by atoms with Crippen LogP contribution in [0, 0.1) is 5.92 Å². The lowest BCUT2D eigenvalue weighted by atomic mass is 10.0. The number of hydrogen-bond acceptors (Lipinski definition) is 3. The van der Waals surface area contributed by atoms with Gasteiger partial charge in [0.2, 0.25) is 5.91 Å². The molecule has 1 N–H and O–H groups in total. The second kappa shape index (κ2) is 8.70. The Labute approximate surface area is 151 Å². The molecule has 1 aromatic rings. The van der Waals surface area contributed by atoms with E-state index in [1.807, 2.05) is 12.1 Å². The number of nitrogens with zero attached hydrogens (tertiary/aromatic N) is 1. The monoisotopic (exact) mass is 344 g/mol. The predicted molar refractivity (Wildman–Crippen MR) is 101 cm³/mol. The Morgan fingerprint density at radius 3 is 2.32 bits per heavy atom. The van der Waals surface area contributed by atoms with Crippen molar-refractivity contribution >= 4 is 5.91 Å². The minimum absolute atomic E-state index is 0.140. The molecule has 0 spiro atoms. The van der Waals surface area contributed by atoms with E-state index in [0.29, 0.717) is 18.5 Å². The lowest BCUT2D eigenvalue weighted by Gasteiger charge is -2.27. The third-order valence-corrected chi connectivity index (χ3v) is 5.73. The summed E-state index contributed by atoms with van der Waals surface area (Å²) in [6.45, 7) is 0.504. The van der Waals surface area contributed by atoms with Crippen LogP contribution < -0.4 is 10.1 Å². The number of methoxy groups -OCH3 is 1. The topological polar surface area (TPSA) is 41.6 Å². The highest BCUT2D eigenvalue weighted by Gasteiger charge is 2.33. The average molecular weight is 344 g/mol. The van der Waals surface area contributed by atoms with Crippen LogP contribution in [0.3, 0.4) is 0 Å². The van der Waals surface area contributed by atoms with Crippen molar-refractivity contribution < 1.29 is 9.53 Å². The number of hydrogen-bond donors (Lipinski definition) is 1. The average Bonchev–Trinajstić information content (AvgIpc) is 3.46. The van der Waals surface area contributed by atoms with E-state index in [1.54, 1.807) is 7.11 Å². The van der Waals surface area contributed by atoms with Gasteiger partial charge in [-0.15, -0.1) is 0 Å². The summed E-state index contributed by atoms with van der Waals surface area (Å²) in [5.41, 5.74) is 1.19. The molecule has 4 heteroatoms. The Balaban J connectivity index is 1.56. The maximum absolute atomic E-state index is 12.6. The third-order valence-electron chi connectivity index (χ3n) is 5.73. The first kappa shape index (κ1) is 18.2. The van der Waals surface area contributed by atoms with Crippen molar-refractivity contribution in [3.8, 4) is 5.75 Å². The van der Waals surface area contributed by atoms with Gasteiger partial charge in [-0.2, -0.15) is 0 Å². The van der Waals surface area contributed by atoms with Crippen LogP contribution in [0.1, 0.15) is 63.0 Å². The van der Waals surface area contributed by atoms with E-state index in [2.05, 4.69) is 29.4 Å². The highest BCUT2D eigenvalue weighted by Crippen LogP contribution is 2.41. The molecule has 2 saturated carbocycles. The molecule has 0 saturated heterocycles. The molecule has 0 heterocycles. The number of ether oxygens (including phenoxy) is 1. The maximum Gasteiger partial charge on any atom is 0.234 e. The predicted octanol–water partition coefficient (Wildman–Crippen LogP) is 3.92. The lowest BCUT2D eigenvalue weighted by Crippen LogP contribution is -2.42. The van der Waals surface area contributed by atoms with E-state index >= 15 is 0 Å². The van der Waals surface area contributed by atoms with Gasteiger partial charge in [-0.25, -0.2) is 0 Å². The van der Waals surface area contributed by atoms with Gasteiger partial charge in [0.25, 0.3) is 0 Å². The lowest BCUT2D eigenvalue weighted by molar-refractivity contribution is -0.123. The van der Waals surface area contributed by atoms with Gasteiger partial charge in [0.1, 0.15) is 5.75 Å². The summed E-state index contributed by atoms with van der Waals surface area (Å²) in [7, 11) is 3.79. The largest absolute Gasteiger partial charge is 0.497 e. The summed E-state index contributed by atoms with van der Waals surface area (Å²) in [5.74, 6) is 1.60. The first-order valence-corrected chi connectivity index (χ1v) is 9.81. The normalized spacial score (nSPS) is 20.1. The zero-order valence-electron chi connectivity index (χ0n) is 15.7. The second-order valence-electron chi connectivity index (χ2n) is 7.72. The molecule has 1 amide bonds. The van der Waals surface area contributed by atoms with Crippen molar-refractivity contribution in [2.75, 3.05) is 20.7 Å². The molecule has 138 valence electrons. The van der Waals surface area contributed by atoms with Crippen LogP contribution in [0.4, 0.5) is 0 Å². The maximum atomic E-state index is 12.6. The SMILES string of the molecule is COc1ccc(C(NC(=O)CN(C)C2CCCCCC2)C2CC2)cc1. The molecule has 1 aromatic carbocycles. The third kappa shape index (κ3) is 5.21. The van der Waals surface area contributed by atoms with Crippen molar-refractivity contribution in [1.29, 1.82) is 0 Å². The fourth-order valence-electron chi connectivity index (χ4n) is 3.99. The van der Waals surface area contributed by atoms with Gasteiger partial charge in [0.05, 0.1) is 19.7 Å². The number of amides is 1. The fraction of sp³-hybridized carbons (Fsp3) is 0.667. The first-order valence-electron chi connectivity index (χ1n) is 9.81. The molecule has 0 radical (unpaired) electrons. The molecular formula is C21H32N2O2. The summed E-state index contributed by atoms with van der Waals surface area (Å²) in [6, 6.07) is 8.83. The van der Waals surface area contributed by atoms with Crippen LogP contribution in [-0.2, 0) is 4.79 Å². The van der Waals surface area contributed by atoms with Gasteiger partial charge in [-0.05, 0) is 56.3 Å². The summed E-state index contributed by atoms with van der Waals surface area (Å²) in [6.07, 6.45) is 10.2. The van der Waals surface area contributed by atoms with Crippen LogP contribution in [0.25, 0.3) is 0 Å². The number of rotatable bonds is 7. The van der Waals surface area contributed by atoms with Crippen molar-refractivity contribution in [2.45, 2.75) is 63.5 Å². The van der Waals surface area contributed by atoms with E-state index in [1.165, 1.54) is 56.9 Å². The standard InChI is InChI=1S/C21H32N2O2/c1-23(18-7-5-3-4-6-8-18)15-20(24)22-21(16-9-10-16)17-11-13-19(25-2)14-12-17/h11-14,16,18,21H,3-10,15H2,1-2H3,(H,22,24). The van der Waals surface area contributed by atoms with Crippen molar-refractivity contribution in [2.24, 2.45) is 5.92 Å². The van der Waals surface area contributed by atoms with E-state index in [4.69, 9.17) is 4.74 Å². The number of carbonyl (C=O) groups excluding carboxylic acids is 1. The Hall–Kier alpha value is -1.55. The van der Waals surface area contributed by atoms with Gasteiger partial charge >= 0.3 is 0 Å². The first-order chi connectivity index (χ1) is 12.2. The fourth-order valence-corrected chi connectivity index (χ4v) is 3.99. The Kier molecular flexibility index (Phi) is 6.35. The van der Waals surface area contributed by atoms with E-state index < -0.39 is 0 Å². The summed E-state index contributed by atoms with van der Waals surface area (Å²) in [4.78, 5) is 14.9. The summed E-state index contributed by atoms with van der Waals surface area (Å²) >= 11 is 0.